The number of amides is 4. The fraction of sp³-hybridized carbons (Fsp3) is 0. The average Bonchev–Trinajstić information content (AvgIpc) is 2.52. The molecule has 0 unspecified atom stereocenters. The Morgan fingerprint density at radius 1 is 0.542 bits per heavy atom. The van der Waals surface area contributed by atoms with Crippen molar-refractivity contribution in [2.45, 2.75) is 0 Å². The number of carbonyl (C=O) groups excluding carboxylic acids is 4. The normalized spacial score (nSPS) is 10.2. The molecular formula is C16H14N4O4. The van der Waals surface area contributed by atoms with Crippen molar-refractivity contribution >= 4 is 23.6 Å². The van der Waals surface area contributed by atoms with Gasteiger partial charge in [0.1, 0.15) is 0 Å². The molecule has 0 bridgehead atoms. The van der Waals surface area contributed by atoms with Gasteiger partial charge in [0, 0.05) is 0 Å². The molecule has 4 amide bonds. The first-order valence-electron chi connectivity index (χ1n) is 6.71. The maximum Gasteiger partial charge on any atom is 0.250 e. The van der Waals surface area contributed by atoms with E-state index in [2.05, 4.69) is 0 Å². The van der Waals surface area contributed by atoms with Crippen LogP contribution in [-0.4, -0.2) is 23.6 Å². The molecule has 0 spiro atoms. The summed E-state index contributed by atoms with van der Waals surface area (Å²) in [5.74, 6) is -3.56. The first-order valence-corrected chi connectivity index (χ1v) is 6.71. The Morgan fingerprint density at radius 2 is 0.875 bits per heavy atom. The van der Waals surface area contributed by atoms with Crippen LogP contribution in [0.2, 0.25) is 0 Å². The van der Waals surface area contributed by atoms with Crippen LogP contribution in [0.4, 0.5) is 0 Å². The summed E-state index contributed by atoms with van der Waals surface area (Å²) < 4.78 is 0. The quantitative estimate of drug-likeness (QED) is 0.593. The molecule has 2 aromatic carbocycles. The van der Waals surface area contributed by atoms with E-state index in [9.17, 15) is 19.2 Å². The summed E-state index contributed by atoms with van der Waals surface area (Å²) in [4.78, 5) is 46.8. The molecule has 2 aromatic rings. The molecule has 8 nitrogen and oxygen atoms in total. The van der Waals surface area contributed by atoms with Gasteiger partial charge in [-0.1, -0.05) is 24.3 Å². The van der Waals surface area contributed by atoms with Crippen molar-refractivity contribution in [2.75, 3.05) is 0 Å². The van der Waals surface area contributed by atoms with Gasteiger partial charge in [-0.05, 0) is 23.3 Å². The number of rotatable bonds is 5. The van der Waals surface area contributed by atoms with Gasteiger partial charge in [-0.3, -0.25) is 19.2 Å². The monoisotopic (exact) mass is 326 g/mol. The zero-order valence-corrected chi connectivity index (χ0v) is 12.4. The van der Waals surface area contributed by atoms with Gasteiger partial charge >= 0.3 is 0 Å². The van der Waals surface area contributed by atoms with E-state index in [1.54, 1.807) is 0 Å². The number of hydrogen-bond acceptors (Lipinski definition) is 4. The third-order valence-corrected chi connectivity index (χ3v) is 3.44. The summed E-state index contributed by atoms with van der Waals surface area (Å²) in [6.07, 6.45) is 0. The molecule has 0 saturated heterocycles. The molecule has 8 N–H and O–H groups in total. The Morgan fingerprint density at radius 3 is 1.12 bits per heavy atom. The van der Waals surface area contributed by atoms with Crippen LogP contribution in [0.15, 0.2) is 36.4 Å². The lowest BCUT2D eigenvalue weighted by Gasteiger charge is -2.14. The third-order valence-electron chi connectivity index (χ3n) is 3.44. The fourth-order valence-electron chi connectivity index (χ4n) is 2.50. The van der Waals surface area contributed by atoms with Crippen molar-refractivity contribution in [3.63, 3.8) is 0 Å². The maximum absolute atomic E-state index is 11.8. The average molecular weight is 326 g/mol. The molecule has 122 valence electrons. The van der Waals surface area contributed by atoms with Crippen LogP contribution in [0.3, 0.4) is 0 Å². The SMILES string of the molecule is NC(=O)c1cccc(-c2cccc(C(N)=O)c2C(N)=O)c1C(N)=O. The smallest absolute Gasteiger partial charge is 0.250 e. The van der Waals surface area contributed by atoms with E-state index in [0.717, 1.165) is 0 Å². The van der Waals surface area contributed by atoms with Gasteiger partial charge in [0.15, 0.2) is 0 Å². The van der Waals surface area contributed by atoms with Crippen LogP contribution in [0.1, 0.15) is 41.4 Å². The van der Waals surface area contributed by atoms with Crippen molar-refractivity contribution < 1.29 is 19.2 Å². The summed E-state index contributed by atoms with van der Waals surface area (Å²) in [6, 6.07) is 8.49. The second-order valence-corrected chi connectivity index (χ2v) is 4.91. The van der Waals surface area contributed by atoms with Gasteiger partial charge in [0.25, 0.3) is 0 Å². The lowest BCUT2D eigenvalue weighted by atomic mass is 9.89. The van der Waals surface area contributed by atoms with Gasteiger partial charge in [-0.2, -0.15) is 0 Å². The Kier molecular flexibility index (Phi) is 4.32. The van der Waals surface area contributed by atoms with Crippen molar-refractivity contribution in [1.29, 1.82) is 0 Å². The highest BCUT2D eigenvalue weighted by Gasteiger charge is 2.23. The Balaban J connectivity index is 2.93. The summed E-state index contributed by atoms with van der Waals surface area (Å²) in [5, 5.41) is 0. The number of carbonyl (C=O) groups is 4. The summed E-state index contributed by atoms with van der Waals surface area (Å²) in [5.41, 5.74) is 21.0. The lowest BCUT2D eigenvalue weighted by Crippen LogP contribution is -2.24. The Bertz CT molecular complexity index is 816. The van der Waals surface area contributed by atoms with Crippen LogP contribution in [0.25, 0.3) is 11.1 Å². The number of nitrogens with two attached hydrogens (primary N) is 4. The zero-order valence-electron chi connectivity index (χ0n) is 12.4. The predicted molar refractivity (Wildman–Crippen MR) is 85.9 cm³/mol. The van der Waals surface area contributed by atoms with Crippen molar-refractivity contribution in [2.24, 2.45) is 22.9 Å². The standard InChI is InChI=1S/C16H14N4O4/c17-13(21)9-5-1-3-7(11(9)15(19)23)8-4-2-6-10(14(18)22)12(8)16(20)24/h1-6H,(H2,17,21)(H2,18,22)(H2,19,23)(H2,20,24). The van der Waals surface area contributed by atoms with Crippen LogP contribution >= 0.6 is 0 Å². The fourth-order valence-corrected chi connectivity index (χ4v) is 2.50. The molecule has 2 rings (SSSR count). The minimum absolute atomic E-state index is 0.111. The first-order chi connectivity index (χ1) is 11.3. The number of benzene rings is 2. The Labute approximate surface area is 136 Å². The molecule has 24 heavy (non-hydrogen) atoms. The van der Waals surface area contributed by atoms with Gasteiger partial charge in [0.2, 0.25) is 23.6 Å². The highest BCUT2D eigenvalue weighted by atomic mass is 16.2. The molecule has 0 fully saturated rings. The molecule has 0 aliphatic carbocycles. The minimum atomic E-state index is -0.917. The second kappa shape index (κ2) is 6.21. The molecule has 0 heterocycles. The molecule has 0 aliphatic rings. The van der Waals surface area contributed by atoms with Gasteiger partial charge < -0.3 is 22.9 Å². The van der Waals surface area contributed by atoms with Gasteiger partial charge in [-0.15, -0.1) is 0 Å². The molecule has 0 aromatic heterocycles. The molecule has 0 saturated carbocycles. The molecular weight excluding hydrogens is 312 g/mol. The summed E-state index contributed by atoms with van der Waals surface area (Å²) >= 11 is 0. The zero-order chi connectivity index (χ0) is 18.0. The van der Waals surface area contributed by atoms with Crippen LogP contribution in [-0.2, 0) is 0 Å². The van der Waals surface area contributed by atoms with Crippen molar-refractivity contribution in [3.8, 4) is 11.1 Å². The van der Waals surface area contributed by atoms with Crippen molar-refractivity contribution in [1.82, 2.24) is 0 Å². The largest absolute Gasteiger partial charge is 0.366 e. The van der Waals surface area contributed by atoms with Crippen molar-refractivity contribution in [3.05, 3.63) is 58.7 Å². The highest BCUT2D eigenvalue weighted by Crippen LogP contribution is 2.30. The maximum atomic E-state index is 11.8. The summed E-state index contributed by atoms with van der Waals surface area (Å²) in [6.45, 7) is 0. The van der Waals surface area contributed by atoms with E-state index in [1.165, 1.54) is 36.4 Å². The number of hydrogen-bond donors (Lipinski definition) is 4. The number of primary amides is 4. The van der Waals surface area contributed by atoms with Crippen LogP contribution in [0.5, 0.6) is 0 Å². The van der Waals surface area contributed by atoms with E-state index in [4.69, 9.17) is 22.9 Å². The highest BCUT2D eigenvalue weighted by molar-refractivity contribution is 6.14. The molecule has 0 atom stereocenters. The first kappa shape index (κ1) is 16.7. The van der Waals surface area contributed by atoms with E-state index in [-0.39, 0.29) is 33.4 Å². The topological polar surface area (TPSA) is 172 Å². The predicted octanol–water partition coefficient (Wildman–Crippen LogP) is -0.251. The van der Waals surface area contributed by atoms with Gasteiger partial charge in [0.05, 0.1) is 22.3 Å². The van der Waals surface area contributed by atoms with E-state index < -0.39 is 23.6 Å². The second-order valence-electron chi connectivity index (χ2n) is 4.91. The lowest BCUT2D eigenvalue weighted by molar-refractivity contribution is 0.0966. The van der Waals surface area contributed by atoms with E-state index >= 15 is 0 Å². The summed E-state index contributed by atoms with van der Waals surface area (Å²) in [7, 11) is 0. The van der Waals surface area contributed by atoms with E-state index in [0.29, 0.717) is 0 Å². The third kappa shape index (κ3) is 2.80. The molecule has 8 heteroatoms. The minimum Gasteiger partial charge on any atom is -0.366 e. The molecule has 0 radical (unpaired) electrons. The van der Waals surface area contributed by atoms with Crippen LogP contribution < -0.4 is 22.9 Å². The van der Waals surface area contributed by atoms with Gasteiger partial charge in [-0.25, -0.2) is 0 Å². The van der Waals surface area contributed by atoms with Crippen LogP contribution in [0, 0.1) is 0 Å². The Hall–Kier alpha value is -3.68. The molecule has 0 aliphatic heterocycles. The van der Waals surface area contributed by atoms with E-state index in [1.807, 2.05) is 0 Å².